The lowest BCUT2D eigenvalue weighted by Gasteiger charge is -2.34. The van der Waals surface area contributed by atoms with Gasteiger partial charge in [-0.15, -0.1) is 0 Å². The molecular weight excluding hydrogens is 366 g/mol. The standard InChI is InChI=1S/C20H26F2N4O2/c1-15-12-17(23-26(15)18-4-5-19(21)20(22)13-18)14-28-11-3-6-24-7-9-25(10-8-24)16(2)27/h4-5,12-13H,3,6-11,14H2,1-2H3. The van der Waals surface area contributed by atoms with Gasteiger partial charge < -0.3 is 9.64 Å². The number of nitrogens with zero attached hydrogens (tertiary/aromatic N) is 4. The zero-order valence-corrected chi connectivity index (χ0v) is 16.3. The van der Waals surface area contributed by atoms with Crippen LogP contribution in [0, 0.1) is 18.6 Å². The second-order valence-electron chi connectivity index (χ2n) is 7.04. The number of rotatable bonds is 7. The highest BCUT2D eigenvalue weighted by Gasteiger charge is 2.17. The molecule has 2 heterocycles. The molecule has 1 fully saturated rings. The number of ether oxygens (including phenoxy) is 1. The van der Waals surface area contributed by atoms with Crippen LogP contribution in [-0.4, -0.2) is 64.8 Å². The Kier molecular flexibility index (Phi) is 6.74. The number of carbonyl (C=O) groups is 1. The number of hydrogen-bond donors (Lipinski definition) is 0. The highest BCUT2D eigenvalue weighted by Crippen LogP contribution is 2.16. The Hall–Kier alpha value is -2.32. The molecule has 28 heavy (non-hydrogen) atoms. The number of aryl methyl sites for hydroxylation is 1. The van der Waals surface area contributed by atoms with Crippen molar-refractivity contribution < 1.29 is 18.3 Å². The van der Waals surface area contributed by atoms with Gasteiger partial charge in [0.2, 0.25) is 5.91 Å². The highest BCUT2D eigenvalue weighted by molar-refractivity contribution is 5.73. The maximum Gasteiger partial charge on any atom is 0.219 e. The third kappa shape index (κ3) is 5.14. The van der Waals surface area contributed by atoms with E-state index in [0.29, 0.717) is 18.9 Å². The van der Waals surface area contributed by atoms with Gasteiger partial charge in [0.1, 0.15) is 0 Å². The lowest BCUT2D eigenvalue weighted by Crippen LogP contribution is -2.48. The van der Waals surface area contributed by atoms with Gasteiger partial charge in [0, 0.05) is 58.0 Å². The van der Waals surface area contributed by atoms with Gasteiger partial charge in [-0.25, -0.2) is 13.5 Å². The summed E-state index contributed by atoms with van der Waals surface area (Å²) in [6.45, 7) is 8.77. The van der Waals surface area contributed by atoms with E-state index in [1.165, 1.54) is 6.07 Å². The predicted octanol–water partition coefficient (Wildman–Crippen LogP) is 2.53. The molecule has 0 unspecified atom stereocenters. The second kappa shape index (κ2) is 9.25. The minimum absolute atomic E-state index is 0.140. The average Bonchev–Trinajstić information content (AvgIpc) is 3.04. The van der Waals surface area contributed by atoms with Crippen molar-refractivity contribution in [3.05, 3.63) is 47.3 Å². The fraction of sp³-hybridized carbons (Fsp3) is 0.500. The molecule has 6 nitrogen and oxygen atoms in total. The molecule has 1 aromatic heterocycles. The number of halogens is 2. The van der Waals surface area contributed by atoms with Crippen molar-refractivity contribution in [2.45, 2.75) is 26.9 Å². The summed E-state index contributed by atoms with van der Waals surface area (Å²) in [6, 6.07) is 5.60. The molecule has 0 aliphatic carbocycles. The van der Waals surface area contributed by atoms with Crippen LogP contribution in [0.4, 0.5) is 8.78 Å². The predicted molar refractivity (Wildman–Crippen MR) is 101 cm³/mol. The molecule has 1 aromatic carbocycles. The van der Waals surface area contributed by atoms with Gasteiger partial charge in [0.25, 0.3) is 0 Å². The molecule has 0 atom stereocenters. The molecule has 0 N–H and O–H groups in total. The quantitative estimate of drug-likeness (QED) is 0.680. The van der Waals surface area contributed by atoms with E-state index in [1.807, 2.05) is 17.9 Å². The minimum Gasteiger partial charge on any atom is -0.375 e. The van der Waals surface area contributed by atoms with Crippen LogP contribution < -0.4 is 0 Å². The van der Waals surface area contributed by atoms with Crippen LogP contribution >= 0.6 is 0 Å². The molecule has 1 amide bonds. The summed E-state index contributed by atoms with van der Waals surface area (Å²) in [7, 11) is 0. The first-order chi connectivity index (χ1) is 13.4. The zero-order valence-electron chi connectivity index (χ0n) is 16.3. The number of carbonyl (C=O) groups excluding carboxylic acids is 1. The fourth-order valence-electron chi connectivity index (χ4n) is 3.34. The SMILES string of the molecule is CC(=O)N1CCN(CCCOCc2cc(C)n(-c3ccc(F)c(F)c3)n2)CC1. The maximum absolute atomic E-state index is 13.4. The van der Waals surface area contributed by atoms with Gasteiger partial charge in [-0.3, -0.25) is 9.69 Å². The van der Waals surface area contributed by atoms with E-state index >= 15 is 0 Å². The van der Waals surface area contributed by atoms with Crippen LogP contribution in [0.2, 0.25) is 0 Å². The van der Waals surface area contributed by atoms with Gasteiger partial charge in [0.05, 0.1) is 18.0 Å². The van der Waals surface area contributed by atoms with E-state index in [2.05, 4.69) is 10.00 Å². The molecule has 0 radical (unpaired) electrons. The monoisotopic (exact) mass is 392 g/mol. The van der Waals surface area contributed by atoms with E-state index in [0.717, 1.165) is 62.7 Å². The normalized spacial score (nSPS) is 15.2. The number of hydrogen-bond acceptors (Lipinski definition) is 4. The molecule has 1 saturated heterocycles. The topological polar surface area (TPSA) is 50.6 Å². The number of aromatic nitrogens is 2. The van der Waals surface area contributed by atoms with Crippen molar-refractivity contribution in [2.24, 2.45) is 0 Å². The molecule has 0 saturated carbocycles. The summed E-state index contributed by atoms with van der Waals surface area (Å²) in [6.07, 6.45) is 0.906. The summed E-state index contributed by atoms with van der Waals surface area (Å²) >= 11 is 0. The van der Waals surface area contributed by atoms with Crippen molar-refractivity contribution in [3.63, 3.8) is 0 Å². The highest BCUT2D eigenvalue weighted by atomic mass is 19.2. The Morgan fingerprint density at radius 3 is 2.57 bits per heavy atom. The van der Waals surface area contributed by atoms with Gasteiger partial charge in [-0.2, -0.15) is 5.10 Å². The van der Waals surface area contributed by atoms with Gasteiger partial charge in [-0.05, 0) is 31.5 Å². The first-order valence-electron chi connectivity index (χ1n) is 9.50. The minimum atomic E-state index is -0.894. The van der Waals surface area contributed by atoms with Crippen molar-refractivity contribution in [2.75, 3.05) is 39.3 Å². The largest absolute Gasteiger partial charge is 0.375 e. The summed E-state index contributed by atoms with van der Waals surface area (Å²) < 4.78 is 33.8. The summed E-state index contributed by atoms with van der Waals surface area (Å²) in [5.41, 5.74) is 2.05. The van der Waals surface area contributed by atoms with Crippen LogP contribution in [0.5, 0.6) is 0 Å². The number of amides is 1. The molecule has 3 rings (SSSR count). The third-order valence-electron chi connectivity index (χ3n) is 4.92. The average molecular weight is 392 g/mol. The third-order valence-corrected chi connectivity index (χ3v) is 4.92. The zero-order chi connectivity index (χ0) is 20.1. The molecule has 8 heteroatoms. The van der Waals surface area contributed by atoms with Crippen molar-refractivity contribution >= 4 is 5.91 Å². The number of piperazine rings is 1. The smallest absolute Gasteiger partial charge is 0.219 e. The second-order valence-corrected chi connectivity index (χ2v) is 7.04. The summed E-state index contributed by atoms with van der Waals surface area (Å²) in [4.78, 5) is 15.5. The lowest BCUT2D eigenvalue weighted by atomic mass is 10.3. The summed E-state index contributed by atoms with van der Waals surface area (Å²) in [5.74, 6) is -1.63. The van der Waals surface area contributed by atoms with Crippen LogP contribution in [-0.2, 0) is 16.1 Å². The lowest BCUT2D eigenvalue weighted by molar-refractivity contribution is -0.130. The van der Waals surface area contributed by atoms with Crippen LogP contribution in [0.1, 0.15) is 24.7 Å². The Morgan fingerprint density at radius 2 is 1.89 bits per heavy atom. The van der Waals surface area contributed by atoms with E-state index in [4.69, 9.17) is 4.74 Å². The van der Waals surface area contributed by atoms with E-state index in [9.17, 15) is 13.6 Å². The van der Waals surface area contributed by atoms with Crippen molar-refractivity contribution in [1.82, 2.24) is 19.6 Å². The van der Waals surface area contributed by atoms with E-state index in [1.54, 1.807) is 11.6 Å². The molecule has 0 bridgehead atoms. The first kappa shape index (κ1) is 20.4. The van der Waals surface area contributed by atoms with E-state index < -0.39 is 11.6 Å². The fourth-order valence-corrected chi connectivity index (χ4v) is 3.34. The summed E-state index contributed by atoms with van der Waals surface area (Å²) in [5, 5.41) is 4.42. The Balaban J connectivity index is 1.41. The van der Waals surface area contributed by atoms with Crippen molar-refractivity contribution in [3.8, 4) is 5.69 Å². The molecule has 2 aromatic rings. The van der Waals surface area contributed by atoms with Crippen LogP contribution in [0.15, 0.2) is 24.3 Å². The van der Waals surface area contributed by atoms with Crippen LogP contribution in [0.25, 0.3) is 5.69 Å². The van der Waals surface area contributed by atoms with Gasteiger partial charge in [0.15, 0.2) is 11.6 Å². The molecular formula is C20H26F2N4O2. The van der Waals surface area contributed by atoms with E-state index in [-0.39, 0.29) is 5.91 Å². The van der Waals surface area contributed by atoms with Crippen LogP contribution in [0.3, 0.4) is 0 Å². The van der Waals surface area contributed by atoms with Crippen molar-refractivity contribution in [1.29, 1.82) is 0 Å². The van der Waals surface area contributed by atoms with Gasteiger partial charge >= 0.3 is 0 Å². The molecule has 0 spiro atoms. The number of benzene rings is 1. The molecule has 1 aliphatic rings. The Morgan fingerprint density at radius 1 is 1.14 bits per heavy atom. The Labute approximate surface area is 163 Å². The maximum atomic E-state index is 13.4. The van der Waals surface area contributed by atoms with Gasteiger partial charge in [-0.1, -0.05) is 0 Å². The first-order valence-corrected chi connectivity index (χ1v) is 9.50. The molecule has 1 aliphatic heterocycles. The molecule has 152 valence electrons. The Bertz CT molecular complexity index is 817.